The molecular formula is C12H17ClFNO4S2. The highest BCUT2D eigenvalue weighted by atomic mass is 35.7. The molecule has 1 rings (SSSR count). The van der Waals surface area contributed by atoms with Crippen LogP contribution < -0.4 is 4.72 Å². The van der Waals surface area contributed by atoms with Gasteiger partial charge in [0.1, 0.15) is 10.7 Å². The van der Waals surface area contributed by atoms with Crippen LogP contribution in [0.25, 0.3) is 0 Å². The van der Waals surface area contributed by atoms with Gasteiger partial charge in [0.15, 0.2) is 0 Å². The summed E-state index contributed by atoms with van der Waals surface area (Å²) in [6.07, 6.45) is 0.738. The fraction of sp³-hybridized carbons (Fsp3) is 0.500. The van der Waals surface area contributed by atoms with Gasteiger partial charge < -0.3 is 0 Å². The third-order valence-corrected chi connectivity index (χ3v) is 5.96. The highest BCUT2D eigenvalue weighted by Crippen LogP contribution is 2.23. The van der Waals surface area contributed by atoms with Gasteiger partial charge in [0.05, 0.1) is 4.90 Å². The second-order valence-corrected chi connectivity index (χ2v) is 9.67. The normalized spacial score (nSPS) is 13.4. The Morgan fingerprint density at radius 2 is 1.81 bits per heavy atom. The van der Waals surface area contributed by atoms with Crippen LogP contribution in [0.3, 0.4) is 0 Å². The van der Waals surface area contributed by atoms with Crippen molar-refractivity contribution in [2.24, 2.45) is 5.41 Å². The Labute approximate surface area is 129 Å². The zero-order valence-electron chi connectivity index (χ0n) is 11.9. The van der Waals surface area contributed by atoms with E-state index in [1.165, 1.54) is 0 Å². The zero-order valence-corrected chi connectivity index (χ0v) is 14.2. The highest BCUT2D eigenvalue weighted by Gasteiger charge is 2.24. The van der Waals surface area contributed by atoms with E-state index in [1.54, 1.807) is 0 Å². The maximum absolute atomic E-state index is 13.8. The van der Waals surface area contributed by atoms with Gasteiger partial charge in [-0.1, -0.05) is 20.8 Å². The van der Waals surface area contributed by atoms with Gasteiger partial charge in [-0.3, -0.25) is 0 Å². The molecule has 0 spiro atoms. The smallest absolute Gasteiger partial charge is 0.211 e. The summed E-state index contributed by atoms with van der Waals surface area (Å²) in [6, 6.07) is 2.42. The molecule has 1 aromatic carbocycles. The molecule has 0 aliphatic carbocycles. The molecule has 0 atom stereocenters. The quantitative estimate of drug-likeness (QED) is 0.793. The van der Waals surface area contributed by atoms with Crippen molar-refractivity contribution in [2.75, 3.05) is 6.54 Å². The standard InChI is InChI=1S/C12H17ClFNO4S2/c1-4-12(2,3)8-15-21(18,19)11-6-5-9(7-10(11)14)20(13,16)17/h5-7,15H,4,8H2,1-3H3. The van der Waals surface area contributed by atoms with Crippen LogP contribution >= 0.6 is 10.7 Å². The van der Waals surface area contributed by atoms with Crippen LogP contribution in [0, 0.1) is 11.2 Å². The van der Waals surface area contributed by atoms with Gasteiger partial charge in [0.25, 0.3) is 9.05 Å². The minimum Gasteiger partial charge on any atom is -0.211 e. The lowest BCUT2D eigenvalue weighted by Crippen LogP contribution is -2.34. The SMILES string of the molecule is CCC(C)(C)CNS(=O)(=O)c1ccc(S(=O)(=O)Cl)cc1F. The highest BCUT2D eigenvalue weighted by molar-refractivity contribution is 8.13. The van der Waals surface area contributed by atoms with Crippen molar-refractivity contribution in [3.05, 3.63) is 24.0 Å². The molecule has 0 radical (unpaired) electrons. The van der Waals surface area contributed by atoms with Gasteiger partial charge in [-0.25, -0.2) is 25.9 Å². The first-order valence-corrected chi connectivity index (χ1v) is 9.92. The van der Waals surface area contributed by atoms with Crippen molar-refractivity contribution in [2.45, 2.75) is 37.0 Å². The average Bonchev–Trinajstić information content (AvgIpc) is 2.35. The van der Waals surface area contributed by atoms with E-state index >= 15 is 0 Å². The molecule has 1 N–H and O–H groups in total. The Balaban J connectivity index is 3.11. The van der Waals surface area contributed by atoms with E-state index in [0.29, 0.717) is 6.07 Å². The zero-order chi connectivity index (χ0) is 16.5. The molecule has 120 valence electrons. The van der Waals surface area contributed by atoms with Gasteiger partial charge in [-0.15, -0.1) is 0 Å². The number of hydrogen-bond acceptors (Lipinski definition) is 4. The first-order valence-electron chi connectivity index (χ1n) is 6.13. The molecule has 21 heavy (non-hydrogen) atoms. The molecule has 0 aliphatic heterocycles. The third-order valence-electron chi connectivity index (χ3n) is 3.17. The molecule has 0 bridgehead atoms. The summed E-state index contributed by atoms with van der Waals surface area (Å²) in [4.78, 5) is -1.10. The van der Waals surface area contributed by atoms with Crippen LogP contribution in [0.15, 0.2) is 28.0 Å². The molecule has 9 heteroatoms. The number of sulfonamides is 1. The molecule has 0 aromatic heterocycles. The van der Waals surface area contributed by atoms with E-state index in [-0.39, 0.29) is 12.0 Å². The number of benzene rings is 1. The maximum Gasteiger partial charge on any atom is 0.261 e. The van der Waals surface area contributed by atoms with E-state index in [4.69, 9.17) is 10.7 Å². The van der Waals surface area contributed by atoms with Gasteiger partial charge in [0.2, 0.25) is 10.0 Å². The van der Waals surface area contributed by atoms with Crippen LogP contribution in [-0.2, 0) is 19.1 Å². The minimum atomic E-state index is -4.11. The van der Waals surface area contributed by atoms with Crippen molar-refractivity contribution in [3.8, 4) is 0 Å². The second kappa shape index (κ2) is 6.20. The van der Waals surface area contributed by atoms with Crippen molar-refractivity contribution in [3.63, 3.8) is 0 Å². The summed E-state index contributed by atoms with van der Waals surface area (Å²) in [7, 11) is -3.09. The van der Waals surface area contributed by atoms with Crippen LogP contribution in [0.1, 0.15) is 27.2 Å². The molecule has 0 saturated carbocycles. The van der Waals surface area contributed by atoms with E-state index in [2.05, 4.69) is 4.72 Å². The fourth-order valence-electron chi connectivity index (χ4n) is 1.34. The van der Waals surface area contributed by atoms with Crippen LogP contribution in [0.4, 0.5) is 4.39 Å². The summed E-state index contributed by atoms with van der Waals surface area (Å²) in [5, 5.41) is 0. The van der Waals surface area contributed by atoms with E-state index in [0.717, 1.165) is 18.6 Å². The largest absolute Gasteiger partial charge is 0.261 e. The van der Waals surface area contributed by atoms with Crippen LogP contribution in [-0.4, -0.2) is 23.4 Å². The Hall–Kier alpha value is -0.700. The van der Waals surface area contributed by atoms with Gasteiger partial charge >= 0.3 is 0 Å². The lowest BCUT2D eigenvalue weighted by atomic mass is 9.91. The molecule has 0 heterocycles. The van der Waals surface area contributed by atoms with Crippen molar-refractivity contribution in [1.82, 2.24) is 4.72 Å². The van der Waals surface area contributed by atoms with E-state index < -0.39 is 34.7 Å². The molecular weight excluding hydrogens is 341 g/mol. The lowest BCUT2D eigenvalue weighted by molar-refractivity contribution is 0.350. The predicted octanol–water partition coefficient (Wildman–Crippen LogP) is 2.47. The summed E-state index contributed by atoms with van der Waals surface area (Å²) in [5.41, 5.74) is -0.275. The van der Waals surface area contributed by atoms with Crippen molar-refractivity contribution in [1.29, 1.82) is 0 Å². The average molecular weight is 358 g/mol. The van der Waals surface area contributed by atoms with Crippen LogP contribution in [0.5, 0.6) is 0 Å². The summed E-state index contributed by atoms with van der Waals surface area (Å²) in [5.74, 6) is -1.17. The number of nitrogens with one attached hydrogen (secondary N) is 1. The van der Waals surface area contributed by atoms with Gasteiger partial charge in [-0.05, 0) is 30.0 Å². The fourth-order valence-corrected chi connectivity index (χ4v) is 3.41. The molecule has 5 nitrogen and oxygen atoms in total. The monoisotopic (exact) mass is 357 g/mol. The van der Waals surface area contributed by atoms with Crippen LogP contribution in [0.2, 0.25) is 0 Å². The van der Waals surface area contributed by atoms with Crippen molar-refractivity contribution < 1.29 is 21.2 Å². The van der Waals surface area contributed by atoms with Crippen molar-refractivity contribution >= 4 is 29.8 Å². The minimum absolute atomic E-state index is 0.140. The Kier molecular flexibility index (Phi) is 5.41. The Morgan fingerprint density at radius 3 is 2.24 bits per heavy atom. The Bertz CT molecular complexity index is 730. The number of hydrogen-bond donors (Lipinski definition) is 1. The molecule has 0 unspecified atom stereocenters. The maximum atomic E-state index is 13.8. The van der Waals surface area contributed by atoms with Gasteiger partial charge in [-0.2, -0.15) is 0 Å². The van der Waals surface area contributed by atoms with E-state index in [9.17, 15) is 21.2 Å². The summed E-state index contributed by atoms with van der Waals surface area (Å²) < 4.78 is 62.4. The molecule has 0 fully saturated rings. The Morgan fingerprint density at radius 1 is 1.24 bits per heavy atom. The first kappa shape index (κ1) is 18.3. The number of rotatable bonds is 6. The third kappa shape index (κ3) is 4.91. The van der Waals surface area contributed by atoms with Gasteiger partial charge in [0, 0.05) is 17.2 Å². The summed E-state index contributed by atoms with van der Waals surface area (Å²) in [6.45, 7) is 5.79. The topological polar surface area (TPSA) is 80.3 Å². The molecule has 0 amide bonds. The second-order valence-electron chi connectivity index (χ2n) is 5.37. The molecule has 0 saturated heterocycles. The van der Waals surface area contributed by atoms with E-state index in [1.807, 2.05) is 20.8 Å². The summed E-state index contributed by atoms with van der Waals surface area (Å²) >= 11 is 0. The lowest BCUT2D eigenvalue weighted by Gasteiger charge is -2.22. The first-order chi connectivity index (χ1) is 9.39. The predicted molar refractivity (Wildman–Crippen MR) is 78.7 cm³/mol. The molecule has 1 aromatic rings. The number of halogens is 2. The molecule has 0 aliphatic rings.